The second-order valence-corrected chi connectivity index (χ2v) is 13.8. The maximum atomic E-state index is 13.9. The molecule has 2 aliphatic carbocycles. The van der Waals surface area contributed by atoms with Crippen LogP contribution in [0.3, 0.4) is 0 Å². The van der Waals surface area contributed by atoms with Crippen LogP contribution in [0.4, 0.5) is 5.82 Å². The van der Waals surface area contributed by atoms with Crippen molar-refractivity contribution in [2.24, 2.45) is 23.5 Å². The predicted molar refractivity (Wildman–Crippen MR) is 178 cm³/mol. The molecule has 238 valence electrons. The van der Waals surface area contributed by atoms with E-state index >= 15 is 0 Å². The summed E-state index contributed by atoms with van der Waals surface area (Å²) in [6.45, 7) is 3.98. The number of likely N-dealkylation sites (tertiary alicyclic amines) is 1. The van der Waals surface area contributed by atoms with Crippen molar-refractivity contribution in [3.8, 4) is 23.3 Å². The first kappa shape index (κ1) is 28.3. The lowest BCUT2D eigenvalue weighted by molar-refractivity contribution is 0.0700. The van der Waals surface area contributed by atoms with Crippen molar-refractivity contribution in [2.45, 2.75) is 50.9 Å². The van der Waals surface area contributed by atoms with E-state index in [-0.39, 0.29) is 23.8 Å². The number of fused-ring (bicyclic) bond motifs is 4. The first-order chi connectivity index (χ1) is 23.0. The average Bonchev–Trinajstić information content (AvgIpc) is 3.44. The fourth-order valence-electron chi connectivity index (χ4n) is 8.19. The Balaban J connectivity index is 1.14. The third-order valence-corrected chi connectivity index (χ3v) is 10.8. The van der Waals surface area contributed by atoms with Gasteiger partial charge in [0.05, 0.1) is 18.3 Å². The molecule has 0 spiro atoms. The number of imidazole rings is 1. The molecule has 1 amide bonds. The lowest BCUT2D eigenvalue weighted by atomic mass is 9.99. The zero-order valence-corrected chi connectivity index (χ0v) is 26.4. The lowest BCUT2D eigenvalue weighted by Crippen LogP contribution is -2.49. The van der Waals surface area contributed by atoms with Crippen LogP contribution >= 0.6 is 0 Å². The quantitative estimate of drug-likeness (QED) is 0.267. The third-order valence-electron chi connectivity index (χ3n) is 10.8. The number of nitrogens with zero attached hydrogens (tertiary/aromatic N) is 8. The van der Waals surface area contributed by atoms with Crippen LogP contribution in [-0.4, -0.2) is 73.7 Å². The highest BCUT2D eigenvalue weighted by atomic mass is 16.5. The highest BCUT2D eigenvalue weighted by molar-refractivity contribution is 6.00. The van der Waals surface area contributed by atoms with Crippen molar-refractivity contribution >= 4 is 33.7 Å². The van der Waals surface area contributed by atoms with E-state index in [1.165, 1.54) is 23.7 Å². The van der Waals surface area contributed by atoms with Crippen LogP contribution in [0, 0.1) is 29.1 Å². The van der Waals surface area contributed by atoms with Crippen molar-refractivity contribution in [3.63, 3.8) is 0 Å². The first-order valence-electron chi connectivity index (χ1n) is 16.7. The molecular weight excluding hydrogens is 590 g/mol. The highest BCUT2D eigenvalue weighted by Gasteiger charge is 2.47. The van der Waals surface area contributed by atoms with Gasteiger partial charge in [0.2, 0.25) is 5.82 Å². The molecule has 4 fully saturated rings. The number of hydrogen-bond donors (Lipinski definition) is 1. The second-order valence-electron chi connectivity index (χ2n) is 13.8. The van der Waals surface area contributed by atoms with Gasteiger partial charge in [-0.3, -0.25) is 4.79 Å². The van der Waals surface area contributed by atoms with E-state index in [1.807, 2.05) is 29.2 Å². The van der Waals surface area contributed by atoms with E-state index in [0.29, 0.717) is 35.6 Å². The summed E-state index contributed by atoms with van der Waals surface area (Å²) in [6, 6.07) is 18.7. The van der Waals surface area contributed by atoms with Crippen molar-refractivity contribution in [1.82, 2.24) is 29.0 Å². The van der Waals surface area contributed by atoms with Crippen molar-refractivity contribution in [3.05, 3.63) is 66.1 Å². The zero-order chi connectivity index (χ0) is 31.8. The molecule has 3 atom stereocenters. The van der Waals surface area contributed by atoms with Crippen molar-refractivity contribution in [2.75, 3.05) is 31.6 Å². The van der Waals surface area contributed by atoms with Gasteiger partial charge in [-0.2, -0.15) is 5.26 Å². The van der Waals surface area contributed by atoms with Gasteiger partial charge in [0.1, 0.15) is 23.2 Å². The van der Waals surface area contributed by atoms with E-state index < -0.39 is 0 Å². The Bertz CT molecular complexity index is 2080. The number of amides is 1. The molecule has 2 saturated carbocycles. The Kier molecular flexibility index (Phi) is 6.51. The summed E-state index contributed by atoms with van der Waals surface area (Å²) in [5.41, 5.74) is 11.0. The number of methoxy groups -OCH3 is 1. The first-order valence-corrected chi connectivity index (χ1v) is 16.7. The third kappa shape index (κ3) is 4.65. The Labute approximate surface area is 272 Å². The fourth-order valence-corrected chi connectivity index (χ4v) is 8.19. The number of benzene rings is 2. The molecule has 2 aromatic carbocycles. The van der Waals surface area contributed by atoms with Crippen LogP contribution in [0.1, 0.15) is 41.9 Å². The summed E-state index contributed by atoms with van der Waals surface area (Å²) in [5, 5.41) is 10.5. The van der Waals surface area contributed by atoms with Gasteiger partial charge in [-0.15, -0.1) is 0 Å². The molecule has 3 aromatic heterocycles. The molecule has 5 heterocycles. The summed E-state index contributed by atoms with van der Waals surface area (Å²) in [6.07, 6.45) is 6.19. The average molecular weight is 628 g/mol. The van der Waals surface area contributed by atoms with Crippen LogP contribution < -0.4 is 15.4 Å². The van der Waals surface area contributed by atoms with Gasteiger partial charge >= 0.3 is 0 Å². The van der Waals surface area contributed by atoms with Gasteiger partial charge < -0.3 is 29.4 Å². The molecule has 11 nitrogen and oxygen atoms in total. The smallest absolute Gasteiger partial charge is 0.254 e. The van der Waals surface area contributed by atoms with Crippen molar-refractivity contribution in [1.29, 1.82) is 5.26 Å². The Morgan fingerprint density at radius 2 is 1.83 bits per heavy atom. The van der Waals surface area contributed by atoms with Gasteiger partial charge in [0, 0.05) is 73.4 Å². The number of hydrogen-bond acceptors (Lipinski definition) is 8. The maximum absolute atomic E-state index is 13.9. The van der Waals surface area contributed by atoms with E-state index in [2.05, 4.69) is 54.3 Å². The van der Waals surface area contributed by atoms with Gasteiger partial charge in [-0.05, 0) is 67.9 Å². The van der Waals surface area contributed by atoms with Crippen LogP contribution in [-0.2, 0) is 13.1 Å². The van der Waals surface area contributed by atoms with E-state index in [9.17, 15) is 10.1 Å². The number of carbonyl (C=O) groups excluding carboxylic acids is 1. The lowest BCUT2D eigenvalue weighted by Gasteiger charge is -2.40. The number of carbonyl (C=O) groups is 1. The Morgan fingerprint density at radius 1 is 1.00 bits per heavy atom. The summed E-state index contributed by atoms with van der Waals surface area (Å²) in [5.74, 6) is 3.85. The molecule has 47 heavy (non-hydrogen) atoms. The second kappa shape index (κ2) is 10.8. The molecule has 4 aliphatic rings. The van der Waals surface area contributed by atoms with Crippen LogP contribution in [0.5, 0.6) is 5.75 Å². The van der Waals surface area contributed by atoms with Crippen LogP contribution in [0.2, 0.25) is 0 Å². The minimum atomic E-state index is 0.00280. The molecule has 0 radical (unpaired) electrons. The highest BCUT2D eigenvalue weighted by Crippen LogP contribution is 2.41. The molecule has 11 heteroatoms. The number of nitrogens with two attached hydrogens (primary N) is 1. The molecule has 2 N–H and O–H groups in total. The Hall–Kier alpha value is -4.95. The molecule has 0 unspecified atom stereocenters. The molecule has 9 rings (SSSR count). The molecule has 2 bridgehead atoms. The molecular formula is C36H37N9O2. The minimum absolute atomic E-state index is 0.00280. The minimum Gasteiger partial charge on any atom is -0.494 e. The summed E-state index contributed by atoms with van der Waals surface area (Å²) in [4.78, 5) is 31.8. The van der Waals surface area contributed by atoms with Gasteiger partial charge in [-0.25, -0.2) is 15.0 Å². The monoisotopic (exact) mass is 627 g/mol. The normalized spacial score (nSPS) is 22.3. The number of rotatable bonds is 8. The Morgan fingerprint density at radius 3 is 2.57 bits per heavy atom. The summed E-state index contributed by atoms with van der Waals surface area (Å²) in [7, 11) is 1.67. The van der Waals surface area contributed by atoms with Gasteiger partial charge in [0.15, 0.2) is 5.82 Å². The number of para-hydroxylation sites is 1. The van der Waals surface area contributed by atoms with Gasteiger partial charge in [0.25, 0.3) is 5.91 Å². The molecule has 2 saturated heterocycles. The zero-order valence-electron chi connectivity index (χ0n) is 26.4. The van der Waals surface area contributed by atoms with Crippen LogP contribution in [0.15, 0.2) is 54.7 Å². The predicted octanol–water partition coefficient (Wildman–Crippen LogP) is 4.44. The van der Waals surface area contributed by atoms with Crippen molar-refractivity contribution < 1.29 is 9.53 Å². The largest absolute Gasteiger partial charge is 0.494 e. The number of anilines is 1. The number of piperidine rings is 1. The van der Waals surface area contributed by atoms with E-state index in [1.54, 1.807) is 13.3 Å². The van der Waals surface area contributed by atoms with Crippen LogP contribution in [0.25, 0.3) is 33.5 Å². The van der Waals surface area contributed by atoms with E-state index in [0.717, 1.165) is 67.4 Å². The number of ether oxygens (including phenoxy) is 1. The molecule has 5 aromatic rings. The number of nitriles is 1. The number of aromatic nitrogens is 5. The maximum Gasteiger partial charge on any atom is 0.254 e. The SMILES string of the molecule is COc1cc(C(=O)N2C[C@H]3CC[C@@H]2[C@@H]3N)cc2nc(-c3cc4ccccc4n3CC3CC3)n(CC3CN(c4ccnc(C#N)n4)C3)c12. The summed E-state index contributed by atoms with van der Waals surface area (Å²) < 4.78 is 10.8. The topological polar surface area (TPSA) is 131 Å². The molecule has 2 aliphatic heterocycles. The fraction of sp³-hybridized carbons (Fsp3) is 0.417. The summed E-state index contributed by atoms with van der Waals surface area (Å²) >= 11 is 0. The standard InChI is InChI=1S/C36H37N9O2/c1-47-30-14-25(36(46)44-20-24-8-9-28(44)33(24)38)12-26-34(30)45(19-22-16-42(17-22)32-10-11-39-31(15-37)41-32)35(40-26)29-13-23-4-2-3-5-27(23)43(29)18-21-6-7-21/h2-5,10-14,21-22,24,28,33H,6-9,16-20,38H2,1H3/t24-,28-,33-/m1/s1. The van der Waals surface area contributed by atoms with E-state index in [4.69, 9.17) is 15.5 Å². The van der Waals surface area contributed by atoms with Gasteiger partial charge in [-0.1, -0.05) is 18.2 Å².